The van der Waals surface area contributed by atoms with Crippen LogP contribution in [0, 0.1) is 0 Å². The van der Waals surface area contributed by atoms with Gasteiger partial charge in [-0.25, -0.2) is 0 Å². The van der Waals surface area contributed by atoms with Gasteiger partial charge in [-0.1, -0.05) is 36.4 Å². The molecule has 0 bridgehead atoms. The number of hydrogen-bond acceptors (Lipinski definition) is 3. The van der Waals surface area contributed by atoms with Crippen molar-refractivity contribution in [3.8, 4) is 0 Å². The quantitative estimate of drug-likeness (QED) is 0.903. The molecule has 1 unspecified atom stereocenters. The van der Waals surface area contributed by atoms with Gasteiger partial charge < -0.3 is 15.7 Å². The fourth-order valence-corrected chi connectivity index (χ4v) is 2.88. The molecule has 0 spiro atoms. The number of nitrogens with zero attached hydrogens (tertiary/aromatic N) is 1. The van der Waals surface area contributed by atoms with Crippen molar-refractivity contribution < 1.29 is 9.90 Å². The molecule has 4 nitrogen and oxygen atoms in total. The molecule has 0 aliphatic carbocycles. The molecule has 1 saturated heterocycles. The van der Waals surface area contributed by atoms with E-state index in [1.807, 2.05) is 42.5 Å². The molecule has 1 aliphatic heterocycles. The molecule has 0 saturated carbocycles. The Labute approximate surface area is 124 Å². The fraction of sp³-hybridized carbons (Fsp3) is 0.353. The van der Waals surface area contributed by atoms with Crippen molar-refractivity contribution in [2.45, 2.75) is 25.0 Å². The largest absolute Gasteiger partial charge is 0.386 e. The van der Waals surface area contributed by atoms with Crippen molar-refractivity contribution in [2.75, 3.05) is 13.1 Å². The first-order valence-electron chi connectivity index (χ1n) is 7.38. The molecular formula is C17H20N2O2. The van der Waals surface area contributed by atoms with Gasteiger partial charge in [-0.3, -0.25) is 4.79 Å². The summed E-state index contributed by atoms with van der Waals surface area (Å²) in [5.41, 5.74) is 6.66. The van der Waals surface area contributed by atoms with E-state index < -0.39 is 12.1 Å². The summed E-state index contributed by atoms with van der Waals surface area (Å²) in [6.07, 6.45) is 1.07. The van der Waals surface area contributed by atoms with Crippen LogP contribution in [-0.2, 0) is 4.79 Å². The van der Waals surface area contributed by atoms with Crippen molar-refractivity contribution in [3.63, 3.8) is 0 Å². The first-order valence-corrected chi connectivity index (χ1v) is 7.38. The van der Waals surface area contributed by atoms with Crippen molar-refractivity contribution in [3.05, 3.63) is 48.0 Å². The van der Waals surface area contributed by atoms with E-state index in [0.717, 1.165) is 36.7 Å². The monoisotopic (exact) mass is 284 g/mol. The number of benzene rings is 2. The van der Waals surface area contributed by atoms with Crippen LogP contribution in [0.25, 0.3) is 10.8 Å². The van der Waals surface area contributed by atoms with E-state index in [-0.39, 0.29) is 5.91 Å². The zero-order chi connectivity index (χ0) is 14.8. The summed E-state index contributed by atoms with van der Waals surface area (Å²) in [7, 11) is 0. The highest BCUT2D eigenvalue weighted by atomic mass is 16.3. The summed E-state index contributed by atoms with van der Waals surface area (Å²) in [5.74, 6) is -0.159. The molecule has 0 aromatic heterocycles. The summed E-state index contributed by atoms with van der Waals surface area (Å²) in [5, 5.41) is 12.5. The Morgan fingerprint density at radius 2 is 1.76 bits per heavy atom. The summed E-state index contributed by atoms with van der Waals surface area (Å²) in [6.45, 7) is 1.49. The minimum Gasteiger partial charge on any atom is -0.386 e. The van der Waals surface area contributed by atoms with Crippen LogP contribution >= 0.6 is 0 Å². The zero-order valence-electron chi connectivity index (χ0n) is 11.9. The molecule has 1 heterocycles. The molecule has 2 aromatic carbocycles. The fourth-order valence-electron chi connectivity index (χ4n) is 2.88. The van der Waals surface area contributed by atoms with Crippen LogP contribution in [0.15, 0.2) is 42.5 Å². The van der Waals surface area contributed by atoms with Gasteiger partial charge in [0.2, 0.25) is 5.91 Å². The Hall–Kier alpha value is -1.91. The van der Waals surface area contributed by atoms with Gasteiger partial charge in [-0.05, 0) is 35.2 Å². The second-order valence-electron chi connectivity index (χ2n) is 5.61. The number of hydrogen-bond donors (Lipinski definition) is 2. The van der Waals surface area contributed by atoms with Gasteiger partial charge in [0.15, 0.2) is 0 Å². The number of rotatable bonds is 3. The van der Waals surface area contributed by atoms with Crippen LogP contribution in [-0.4, -0.2) is 35.0 Å². The van der Waals surface area contributed by atoms with Gasteiger partial charge in [-0.15, -0.1) is 0 Å². The minimum absolute atomic E-state index is 0.159. The molecule has 1 fully saturated rings. The van der Waals surface area contributed by atoms with Crippen molar-refractivity contribution in [1.82, 2.24) is 4.90 Å². The summed E-state index contributed by atoms with van der Waals surface area (Å²) in [4.78, 5) is 14.0. The second kappa shape index (κ2) is 5.84. The summed E-state index contributed by atoms with van der Waals surface area (Å²) < 4.78 is 0. The lowest BCUT2D eigenvalue weighted by Crippen LogP contribution is -2.45. The molecule has 110 valence electrons. The van der Waals surface area contributed by atoms with Gasteiger partial charge in [0.25, 0.3) is 0 Å². The Morgan fingerprint density at radius 1 is 1.10 bits per heavy atom. The number of nitrogens with two attached hydrogens (primary N) is 1. The average molecular weight is 284 g/mol. The van der Waals surface area contributed by atoms with Gasteiger partial charge in [0, 0.05) is 13.1 Å². The predicted octanol–water partition coefficient (Wildman–Crippen LogP) is 1.82. The minimum atomic E-state index is -0.970. The lowest BCUT2D eigenvalue weighted by molar-refractivity contribution is -0.134. The van der Waals surface area contributed by atoms with Crippen molar-refractivity contribution in [1.29, 1.82) is 0 Å². The smallest absolute Gasteiger partial charge is 0.242 e. The van der Waals surface area contributed by atoms with Crippen molar-refractivity contribution >= 4 is 16.7 Å². The highest BCUT2D eigenvalue weighted by Gasteiger charge is 2.29. The Morgan fingerprint density at radius 3 is 2.48 bits per heavy atom. The molecule has 3 N–H and O–H groups in total. The van der Waals surface area contributed by atoms with Crippen LogP contribution in [0.2, 0.25) is 0 Å². The van der Waals surface area contributed by atoms with Crippen LogP contribution < -0.4 is 5.73 Å². The normalized spacial score (nSPS) is 17.9. The number of carbonyl (C=O) groups excluding carboxylic acids is 1. The van der Waals surface area contributed by atoms with Crippen LogP contribution in [0.3, 0.4) is 0 Å². The number of fused-ring (bicyclic) bond motifs is 1. The third kappa shape index (κ3) is 2.77. The van der Waals surface area contributed by atoms with E-state index in [1.165, 1.54) is 0 Å². The van der Waals surface area contributed by atoms with Gasteiger partial charge in [-0.2, -0.15) is 0 Å². The Kier molecular flexibility index (Phi) is 3.90. The molecule has 1 aliphatic rings. The van der Waals surface area contributed by atoms with Gasteiger partial charge in [0.1, 0.15) is 12.1 Å². The third-order valence-corrected chi connectivity index (χ3v) is 4.16. The number of aliphatic hydroxyl groups excluding tert-OH is 1. The molecule has 1 amide bonds. The average Bonchev–Trinajstić information content (AvgIpc) is 3.06. The number of amides is 1. The molecule has 0 radical (unpaired) electrons. The van der Waals surface area contributed by atoms with Crippen molar-refractivity contribution in [2.24, 2.45) is 5.73 Å². The van der Waals surface area contributed by atoms with Gasteiger partial charge in [0.05, 0.1) is 0 Å². The SMILES string of the molecule is N[C@@H](C(=O)N1CCCC1)C(O)c1ccc2ccccc2c1. The zero-order valence-corrected chi connectivity index (χ0v) is 11.9. The second-order valence-corrected chi connectivity index (χ2v) is 5.61. The maximum Gasteiger partial charge on any atom is 0.242 e. The highest BCUT2D eigenvalue weighted by Crippen LogP contribution is 2.23. The van der Waals surface area contributed by atoms with Gasteiger partial charge >= 0.3 is 0 Å². The molecule has 3 rings (SSSR count). The standard InChI is InChI=1S/C17H20N2O2/c18-15(17(21)19-9-3-4-10-19)16(20)14-8-7-12-5-1-2-6-13(12)11-14/h1-2,5-8,11,15-16,20H,3-4,9-10,18H2/t15-,16?/m1/s1. The van der Waals surface area contributed by atoms with E-state index >= 15 is 0 Å². The third-order valence-electron chi connectivity index (χ3n) is 4.16. The lowest BCUT2D eigenvalue weighted by Gasteiger charge is -2.24. The maximum atomic E-state index is 12.3. The first kappa shape index (κ1) is 14.0. The lowest BCUT2D eigenvalue weighted by atomic mass is 9.98. The molecular weight excluding hydrogens is 264 g/mol. The summed E-state index contributed by atoms with van der Waals surface area (Å²) >= 11 is 0. The van der Waals surface area contributed by atoms with E-state index in [1.54, 1.807) is 4.90 Å². The van der Waals surface area contributed by atoms with E-state index in [4.69, 9.17) is 5.73 Å². The first-order chi connectivity index (χ1) is 10.2. The molecule has 2 aromatic rings. The Balaban J connectivity index is 1.81. The predicted molar refractivity (Wildman–Crippen MR) is 82.7 cm³/mol. The maximum absolute atomic E-state index is 12.3. The van der Waals surface area contributed by atoms with Crippen LogP contribution in [0.5, 0.6) is 0 Å². The number of aliphatic hydroxyl groups is 1. The van der Waals surface area contributed by atoms with E-state index in [0.29, 0.717) is 5.56 Å². The van der Waals surface area contributed by atoms with E-state index in [2.05, 4.69) is 0 Å². The molecule has 21 heavy (non-hydrogen) atoms. The molecule has 2 atom stereocenters. The van der Waals surface area contributed by atoms with Crippen LogP contribution in [0.1, 0.15) is 24.5 Å². The topological polar surface area (TPSA) is 66.6 Å². The highest BCUT2D eigenvalue weighted by molar-refractivity contribution is 5.85. The number of likely N-dealkylation sites (tertiary alicyclic amines) is 1. The Bertz CT molecular complexity index is 650. The number of carbonyl (C=O) groups is 1. The molecule has 4 heteroatoms. The van der Waals surface area contributed by atoms with Crippen LogP contribution in [0.4, 0.5) is 0 Å². The van der Waals surface area contributed by atoms with E-state index in [9.17, 15) is 9.90 Å². The summed E-state index contributed by atoms with van der Waals surface area (Å²) in [6, 6.07) is 12.7.